The topological polar surface area (TPSA) is 87.6 Å². The highest BCUT2D eigenvalue weighted by molar-refractivity contribution is 7.99. The van der Waals surface area contributed by atoms with Gasteiger partial charge < -0.3 is 9.67 Å². The molecule has 0 atom stereocenters. The van der Waals surface area contributed by atoms with Crippen molar-refractivity contribution in [3.8, 4) is 6.07 Å². The minimum absolute atomic E-state index is 0.00933. The van der Waals surface area contributed by atoms with E-state index in [9.17, 15) is 10.4 Å². The number of hydrogen-bond donors (Lipinski definition) is 1. The number of aryl methyl sites for hydroxylation is 4. The number of hydrogen-bond acceptors (Lipinski definition) is 7. The van der Waals surface area contributed by atoms with Gasteiger partial charge in [-0.2, -0.15) is 5.26 Å². The zero-order valence-electron chi connectivity index (χ0n) is 16.5. The number of nitriles is 1. The van der Waals surface area contributed by atoms with E-state index >= 15 is 0 Å². The lowest BCUT2D eigenvalue weighted by Crippen LogP contribution is -2.01. The molecule has 0 radical (unpaired) electrons. The monoisotopic (exact) mass is 421 g/mol. The number of imidazole rings is 1. The van der Waals surface area contributed by atoms with Gasteiger partial charge in [-0.1, -0.05) is 23.9 Å². The molecule has 0 bridgehead atoms. The Morgan fingerprint density at radius 3 is 2.69 bits per heavy atom. The van der Waals surface area contributed by atoms with Gasteiger partial charge in [0, 0.05) is 17.3 Å². The van der Waals surface area contributed by atoms with Crippen molar-refractivity contribution in [3.05, 3.63) is 52.1 Å². The molecule has 1 aromatic carbocycles. The molecule has 0 saturated heterocycles. The van der Waals surface area contributed by atoms with Crippen LogP contribution in [-0.2, 0) is 7.05 Å². The fourth-order valence-corrected chi connectivity index (χ4v) is 5.39. The average Bonchev–Trinajstić information content (AvgIpc) is 3.17. The van der Waals surface area contributed by atoms with E-state index in [1.54, 1.807) is 11.3 Å². The zero-order chi connectivity index (χ0) is 20.7. The van der Waals surface area contributed by atoms with Crippen molar-refractivity contribution < 1.29 is 5.11 Å². The van der Waals surface area contributed by atoms with Gasteiger partial charge in [-0.05, 0) is 38.5 Å². The van der Waals surface area contributed by atoms with Crippen LogP contribution in [0.25, 0.3) is 26.8 Å². The average molecular weight is 422 g/mol. The van der Waals surface area contributed by atoms with Crippen molar-refractivity contribution in [1.29, 1.82) is 5.26 Å². The predicted octanol–water partition coefficient (Wildman–Crippen LogP) is 5.09. The second-order valence-electron chi connectivity index (χ2n) is 6.74. The highest BCUT2D eigenvalue weighted by atomic mass is 32.2. The van der Waals surface area contributed by atoms with Crippen LogP contribution in [0, 0.1) is 32.1 Å². The molecule has 0 unspecified atom stereocenters. The van der Waals surface area contributed by atoms with Crippen molar-refractivity contribution >= 4 is 49.9 Å². The minimum atomic E-state index is -0.00933. The number of benzene rings is 1. The summed E-state index contributed by atoms with van der Waals surface area (Å²) in [6.45, 7) is 6.00. The van der Waals surface area contributed by atoms with Gasteiger partial charge in [-0.25, -0.2) is 15.0 Å². The Kier molecular flexibility index (Phi) is 5.03. The van der Waals surface area contributed by atoms with Crippen LogP contribution in [0.15, 0.2) is 35.1 Å². The molecular formula is C21H19N5OS2. The fraction of sp³-hybridized carbons (Fsp3) is 0.238. The van der Waals surface area contributed by atoms with Crippen LogP contribution >= 0.6 is 23.1 Å². The summed E-state index contributed by atoms with van der Waals surface area (Å²) in [5.74, 6) is 1.37. The number of nitrogens with zero attached hydrogens (tertiary/aromatic N) is 5. The summed E-state index contributed by atoms with van der Waals surface area (Å²) < 4.78 is 1.83. The lowest BCUT2D eigenvalue weighted by Gasteiger charge is -2.07. The molecular weight excluding hydrogens is 402 g/mol. The molecule has 0 spiro atoms. The molecule has 0 aliphatic carbocycles. The fourth-order valence-electron chi connectivity index (χ4n) is 3.24. The highest BCUT2D eigenvalue weighted by Crippen LogP contribution is 2.36. The minimum Gasteiger partial charge on any atom is -0.510 e. The molecule has 6 nitrogen and oxygen atoms in total. The van der Waals surface area contributed by atoms with Crippen molar-refractivity contribution in [3.63, 3.8) is 0 Å². The standard InChI is InChI=1S/C21H19N5OS2/c1-11-12(2)29-21-18(11)20(23-13(3)24-21)28-10-17(27)14(9-22)19-25-15-7-5-6-8-16(15)26(19)4/h5-8,27H,10H2,1-4H3/b17-14+. The summed E-state index contributed by atoms with van der Waals surface area (Å²) in [6, 6.07) is 9.78. The number of aromatic nitrogens is 4. The number of aliphatic hydroxyl groups excluding tert-OH is 1. The third-order valence-corrected chi connectivity index (χ3v) is 6.95. The van der Waals surface area contributed by atoms with Gasteiger partial charge in [0.05, 0.1) is 16.8 Å². The summed E-state index contributed by atoms with van der Waals surface area (Å²) in [5, 5.41) is 22.3. The third kappa shape index (κ3) is 3.37. The Morgan fingerprint density at radius 2 is 1.97 bits per heavy atom. The maximum atomic E-state index is 10.7. The molecule has 8 heteroatoms. The number of thioether (sulfide) groups is 1. The molecule has 4 rings (SSSR count). The zero-order valence-corrected chi connectivity index (χ0v) is 18.1. The first-order valence-corrected chi connectivity index (χ1v) is 10.8. The summed E-state index contributed by atoms with van der Waals surface area (Å²) in [4.78, 5) is 15.8. The Hall–Kier alpha value is -2.89. The molecule has 29 heavy (non-hydrogen) atoms. The second kappa shape index (κ2) is 7.50. The molecule has 3 aromatic heterocycles. The van der Waals surface area contributed by atoms with Gasteiger partial charge in [0.25, 0.3) is 0 Å². The van der Waals surface area contributed by atoms with Gasteiger partial charge in [-0.3, -0.25) is 0 Å². The lowest BCUT2D eigenvalue weighted by atomic mass is 10.2. The largest absolute Gasteiger partial charge is 0.510 e. The van der Waals surface area contributed by atoms with Crippen molar-refractivity contribution in [2.45, 2.75) is 25.8 Å². The Morgan fingerprint density at radius 1 is 1.21 bits per heavy atom. The van der Waals surface area contributed by atoms with Crippen LogP contribution in [0.1, 0.15) is 22.1 Å². The van der Waals surface area contributed by atoms with Gasteiger partial charge in [-0.15, -0.1) is 11.3 Å². The normalized spacial score (nSPS) is 12.4. The van der Waals surface area contributed by atoms with Crippen molar-refractivity contribution in [2.75, 3.05) is 5.75 Å². The molecule has 1 N–H and O–H groups in total. The molecule has 0 saturated carbocycles. The number of fused-ring (bicyclic) bond motifs is 2. The highest BCUT2D eigenvalue weighted by Gasteiger charge is 2.18. The number of allylic oxidation sites excluding steroid dienone is 1. The Balaban J connectivity index is 1.72. The first-order chi connectivity index (χ1) is 13.9. The lowest BCUT2D eigenvalue weighted by molar-refractivity contribution is 0.420. The van der Waals surface area contributed by atoms with Crippen LogP contribution in [0.2, 0.25) is 0 Å². The quantitative estimate of drug-likeness (QED) is 0.214. The Bertz CT molecular complexity index is 1330. The van der Waals surface area contributed by atoms with E-state index in [1.807, 2.05) is 42.8 Å². The molecule has 0 aliphatic rings. The summed E-state index contributed by atoms with van der Waals surface area (Å²) in [5.41, 5.74) is 3.03. The Labute approximate surface area is 176 Å². The predicted molar refractivity (Wildman–Crippen MR) is 118 cm³/mol. The summed E-state index contributed by atoms with van der Waals surface area (Å²) >= 11 is 3.06. The summed E-state index contributed by atoms with van der Waals surface area (Å²) in [6.07, 6.45) is 0. The van der Waals surface area contributed by atoms with Gasteiger partial charge >= 0.3 is 0 Å². The number of rotatable bonds is 4. The SMILES string of the molecule is Cc1nc(SC/C(O)=C(/C#N)c2nc3ccccc3n2C)c2c(C)c(C)sc2n1. The summed E-state index contributed by atoms with van der Waals surface area (Å²) in [7, 11) is 1.84. The smallest absolute Gasteiger partial charge is 0.155 e. The van der Waals surface area contributed by atoms with E-state index < -0.39 is 0 Å². The molecule has 0 amide bonds. The maximum absolute atomic E-state index is 10.7. The molecule has 4 aromatic rings. The number of aliphatic hydroxyl groups is 1. The van der Waals surface area contributed by atoms with Crippen LogP contribution in [0.4, 0.5) is 0 Å². The van der Waals surface area contributed by atoms with Gasteiger partial charge in [0.15, 0.2) is 5.82 Å². The van der Waals surface area contributed by atoms with E-state index in [0.29, 0.717) is 11.6 Å². The van der Waals surface area contributed by atoms with E-state index in [4.69, 9.17) is 0 Å². The first kappa shape index (κ1) is 19.4. The van der Waals surface area contributed by atoms with Crippen LogP contribution in [0.3, 0.4) is 0 Å². The van der Waals surface area contributed by atoms with Gasteiger partial charge in [0.1, 0.15) is 33.1 Å². The van der Waals surface area contributed by atoms with Crippen LogP contribution < -0.4 is 0 Å². The maximum Gasteiger partial charge on any atom is 0.155 e. The van der Waals surface area contributed by atoms with Crippen molar-refractivity contribution in [1.82, 2.24) is 19.5 Å². The van der Waals surface area contributed by atoms with E-state index in [2.05, 4.69) is 34.9 Å². The van der Waals surface area contributed by atoms with E-state index in [-0.39, 0.29) is 17.1 Å². The number of para-hydroxylation sites is 2. The van der Waals surface area contributed by atoms with E-state index in [0.717, 1.165) is 31.8 Å². The molecule has 3 heterocycles. The van der Waals surface area contributed by atoms with Crippen molar-refractivity contribution in [2.24, 2.45) is 7.05 Å². The second-order valence-corrected chi connectivity index (χ2v) is 8.91. The molecule has 0 aliphatic heterocycles. The van der Waals surface area contributed by atoms with Crippen LogP contribution in [0.5, 0.6) is 0 Å². The van der Waals surface area contributed by atoms with Crippen LogP contribution in [-0.4, -0.2) is 30.4 Å². The van der Waals surface area contributed by atoms with E-state index in [1.165, 1.54) is 16.6 Å². The third-order valence-electron chi connectivity index (χ3n) is 4.86. The number of thiophene rings is 1. The molecule has 0 fully saturated rings. The molecule has 146 valence electrons. The van der Waals surface area contributed by atoms with Gasteiger partial charge in [0.2, 0.25) is 0 Å². The first-order valence-electron chi connectivity index (χ1n) is 9.02.